The fourth-order valence-corrected chi connectivity index (χ4v) is 5.11. The molecule has 7 nitrogen and oxygen atoms in total. The van der Waals surface area contributed by atoms with Gasteiger partial charge in [0.1, 0.15) is 0 Å². The molecule has 1 aliphatic rings. The van der Waals surface area contributed by atoms with Crippen LogP contribution in [0.4, 0.5) is 0 Å². The van der Waals surface area contributed by atoms with Gasteiger partial charge in [-0.2, -0.15) is 0 Å². The summed E-state index contributed by atoms with van der Waals surface area (Å²) >= 11 is 0. The van der Waals surface area contributed by atoms with Gasteiger partial charge in [0, 0.05) is 24.6 Å². The molecule has 178 valence electrons. The van der Waals surface area contributed by atoms with Gasteiger partial charge in [-0.25, -0.2) is 18.1 Å². The molecule has 1 aliphatic carbocycles. The molecule has 1 aromatic carbocycles. The van der Waals surface area contributed by atoms with Crippen LogP contribution in [-0.4, -0.2) is 46.7 Å². The lowest BCUT2D eigenvalue weighted by Gasteiger charge is -2.55. The number of aliphatic imine (C=N–C) groups is 1. The smallest absolute Gasteiger partial charge is 0.215 e. The standard InChI is InChI=1S/C22H38N4O3S.HI/c1-6-22(7-2)19(14-20(22)29-9-4)26-21(24-8-3)25-15-17-11-10-12-18(13-17)16-30(27,28)23-5;/h10-13,19-20,23H,6-9,14-16H2,1-5H3,(H2,24,25,26);1H. The number of hydrogen-bond acceptors (Lipinski definition) is 4. The Bertz CT molecular complexity index is 813. The topological polar surface area (TPSA) is 91.8 Å². The van der Waals surface area contributed by atoms with E-state index < -0.39 is 10.0 Å². The van der Waals surface area contributed by atoms with Gasteiger partial charge in [-0.05, 0) is 51.3 Å². The Labute approximate surface area is 205 Å². The third kappa shape index (κ3) is 7.30. The van der Waals surface area contributed by atoms with Crippen LogP contribution in [-0.2, 0) is 27.1 Å². The van der Waals surface area contributed by atoms with Gasteiger partial charge in [-0.3, -0.25) is 0 Å². The Hall–Kier alpha value is -0.910. The van der Waals surface area contributed by atoms with Crippen molar-refractivity contribution in [2.45, 2.75) is 71.4 Å². The molecule has 0 spiro atoms. The molecule has 1 fully saturated rings. The number of guanidine groups is 1. The molecule has 1 saturated carbocycles. The predicted octanol–water partition coefficient (Wildman–Crippen LogP) is 3.39. The van der Waals surface area contributed by atoms with E-state index in [0.29, 0.717) is 18.7 Å². The molecule has 2 unspecified atom stereocenters. The zero-order valence-electron chi connectivity index (χ0n) is 19.4. The van der Waals surface area contributed by atoms with Crippen molar-refractivity contribution in [1.29, 1.82) is 0 Å². The van der Waals surface area contributed by atoms with Crippen molar-refractivity contribution < 1.29 is 13.2 Å². The molecule has 31 heavy (non-hydrogen) atoms. The number of rotatable bonds is 11. The van der Waals surface area contributed by atoms with Crippen molar-refractivity contribution in [2.24, 2.45) is 10.4 Å². The quantitative estimate of drug-likeness (QED) is 0.217. The van der Waals surface area contributed by atoms with E-state index in [0.717, 1.165) is 49.5 Å². The average Bonchev–Trinajstić information content (AvgIpc) is 2.72. The molecule has 0 amide bonds. The van der Waals surface area contributed by atoms with Crippen LogP contribution in [0.2, 0.25) is 0 Å². The van der Waals surface area contributed by atoms with Gasteiger partial charge in [0.05, 0.1) is 18.4 Å². The van der Waals surface area contributed by atoms with E-state index in [-0.39, 0.29) is 35.1 Å². The van der Waals surface area contributed by atoms with E-state index in [2.05, 4.69) is 43.1 Å². The van der Waals surface area contributed by atoms with Crippen LogP contribution in [0.3, 0.4) is 0 Å². The SMILES string of the molecule is CCNC(=NCc1cccc(CS(=O)(=O)NC)c1)NC1CC(OCC)C1(CC)CC.I. The van der Waals surface area contributed by atoms with Gasteiger partial charge >= 0.3 is 0 Å². The van der Waals surface area contributed by atoms with Crippen LogP contribution in [0, 0.1) is 5.41 Å². The highest BCUT2D eigenvalue weighted by atomic mass is 127. The molecular weight excluding hydrogens is 527 g/mol. The van der Waals surface area contributed by atoms with Crippen LogP contribution in [0.25, 0.3) is 0 Å². The van der Waals surface area contributed by atoms with Crippen molar-refractivity contribution in [3.8, 4) is 0 Å². The number of halogens is 1. The Morgan fingerprint density at radius 3 is 2.45 bits per heavy atom. The van der Waals surface area contributed by atoms with Crippen molar-refractivity contribution >= 4 is 40.0 Å². The Morgan fingerprint density at radius 1 is 1.19 bits per heavy atom. The molecule has 1 aromatic rings. The fourth-order valence-electron chi connectivity index (χ4n) is 4.35. The molecule has 2 atom stereocenters. The molecular formula is C22H39IN4O3S. The normalized spacial score (nSPS) is 20.5. The highest BCUT2D eigenvalue weighted by Gasteiger charge is 2.53. The minimum Gasteiger partial charge on any atom is -0.378 e. The summed E-state index contributed by atoms with van der Waals surface area (Å²) < 4.78 is 32.0. The molecule has 0 radical (unpaired) electrons. The molecule has 9 heteroatoms. The van der Waals surface area contributed by atoms with E-state index >= 15 is 0 Å². The average molecular weight is 567 g/mol. The summed E-state index contributed by atoms with van der Waals surface area (Å²) in [5, 5.41) is 6.96. The van der Waals surface area contributed by atoms with Crippen LogP contribution in [0.5, 0.6) is 0 Å². The lowest BCUT2D eigenvalue weighted by molar-refractivity contribution is -0.133. The first kappa shape index (κ1) is 28.1. The zero-order chi connectivity index (χ0) is 22.2. The third-order valence-corrected chi connectivity index (χ3v) is 7.54. The van der Waals surface area contributed by atoms with Crippen molar-refractivity contribution in [2.75, 3.05) is 20.2 Å². The number of ether oxygens (including phenoxy) is 1. The predicted molar refractivity (Wildman–Crippen MR) is 138 cm³/mol. The lowest BCUT2D eigenvalue weighted by Crippen LogP contribution is -2.65. The van der Waals surface area contributed by atoms with Crippen molar-refractivity contribution in [3.63, 3.8) is 0 Å². The van der Waals surface area contributed by atoms with Crippen LogP contribution in [0.1, 0.15) is 58.1 Å². The number of sulfonamides is 1. The first-order chi connectivity index (χ1) is 14.3. The largest absolute Gasteiger partial charge is 0.378 e. The first-order valence-electron chi connectivity index (χ1n) is 11.0. The third-order valence-electron chi connectivity index (χ3n) is 6.20. The van der Waals surface area contributed by atoms with E-state index in [9.17, 15) is 8.42 Å². The number of nitrogens with zero attached hydrogens (tertiary/aromatic N) is 1. The van der Waals surface area contributed by atoms with Crippen LogP contribution in [0.15, 0.2) is 29.3 Å². The minimum absolute atomic E-state index is 0. The van der Waals surface area contributed by atoms with Crippen molar-refractivity contribution in [3.05, 3.63) is 35.4 Å². The summed E-state index contributed by atoms with van der Waals surface area (Å²) in [6.07, 6.45) is 3.40. The van der Waals surface area contributed by atoms with Crippen LogP contribution >= 0.6 is 24.0 Å². The van der Waals surface area contributed by atoms with Gasteiger partial charge in [-0.1, -0.05) is 38.1 Å². The fraction of sp³-hybridized carbons (Fsp3) is 0.682. The minimum atomic E-state index is -3.29. The van der Waals surface area contributed by atoms with Gasteiger partial charge < -0.3 is 15.4 Å². The van der Waals surface area contributed by atoms with Crippen molar-refractivity contribution in [1.82, 2.24) is 15.4 Å². The molecule has 2 rings (SSSR count). The highest BCUT2D eigenvalue weighted by Crippen LogP contribution is 2.48. The van der Waals surface area contributed by atoms with E-state index in [1.165, 1.54) is 7.05 Å². The molecule has 0 aliphatic heterocycles. The maximum atomic E-state index is 11.8. The monoisotopic (exact) mass is 566 g/mol. The Kier molecular flexibility index (Phi) is 11.8. The molecule has 0 bridgehead atoms. The Balaban J connectivity index is 0.00000480. The second-order valence-corrected chi connectivity index (χ2v) is 9.72. The van der Waals surface area contributed by atoms with E-state index in [1.54, 1.807) is 0 Å². The van der Waals surface area contributed by atoms with Gasteiger partial charge in [0.25, 0.3) is 0 Å². The molecule has 0 aromatic heterocycles. The maximum Gasteiger partial charge on any atom is 0.215 e. The summed E-state index contributed by atoms with van der Waals surface area (Å²) in [6, 6.07) is 7.90. The second-order valence-electron chi connectivity index (χ2n) is 7.80. The Morgan fingerprint density at radius 2 is 1.87 bits per heavy atom. The number of hydrogen-bond donors (Lipinski definition) is 3. The highest BCUT2D eigenvalue weighted by molar-refractivity contribution is 14.0. The van der Waals surface area contributed by atoms with E-state index in [4.69, 9.17) is 9.73 Å². The van der Waals surface area contributed by atoms with E-state index in [1.807, 2.05) is 24.3 Å². The number of benzene rings is 1. The summed E-state index contributed by atoms with van der Waals surface area (Å²) in [6.45, 7) is 10.6. The molecule has 0 heterocycles. The summed E-state index contributed by atoms with van der Waals surface area (Å²) in [5.74, 6) is 0.757. The summed E-state index contributed by atoms with van der Waals surface area (Å²) in [5.41, 5.74) is 1.87. The summed E-state index contributed by atoms with van der Waals surface area (Å²) in [4.78, 5) is 4.76. The van der Waals surface area contributed by atoms with Crippen LogP contribution < -0.4 is 15.4 Å². The molecule has 3 N–H and O–H groups in total. The first-order valence-corrected chi connectivity index (χ1v) is 12.6. The van der Waals surface area contributed by atoms with Gasteiger partial charge in [-0.15, -0.1) is 24.0 Å². The summed E-state index contributed by atoms with van der Waals surface area (Å²) in [7, 11) is -1.86. The van der Waals surface area contributed by atoms with Gasteiger partial charge in [0.2, 0.25) is 10.0 Å². The molecule has 0 saturated heterocycles. The maximum absolute atomic E-state index is 11.8. The van der Waals surface area contributed by atoms with Gasteiger partial charge in [0.15, 0.2) is 5.96 Å². The zero-order valence-corrected chi connectivity index (χ0v) is 22.5. The second kappa shape index (κ2) is 13.0. The lowest BCUT2D eigenvalue weighted by atomic mass is 9.58. The number of nitrogens with one attached hydrogen (secondary N) is 3.